The van der Waals surface area contributed by atoms with Gasteiger partial charge in [0.1, 0.15) is 17.3 Å². The van der Waals surface area contributed by atoms with Crippen LogP contribution in [0.1, 0.15) is 58.2 Å². The Balaban J connectivity index is 2.01. The summed E-state index contributed by atoms with van der Waals surface area (Å²) in [4.78, 5) is 9.37. The number of hydrogen-bond acceptors (Lipinski definition) is 4. The van der Waals surface area contributed by atoms with Crippen molar-refractivity contribution in [1.29, 1.82) is 0 Å². The van der Waals surface area contributed by atoms with Gasteiger partial charge in [0.05, 0.1) is 0 Å². The quantitative estimate of drug-likeness (QED) is 0.379. The van der Waals surface area contributed by atoms with Crippen LogP contribution in [0.3, 0.4) is 0 Å². The molecule has 4 aromatic rings. The number of aromatic hydroxyl groups is 1. The molecule has 2 heterocycles. The van der Waals surface area contributed by atoms with Gasteiger partial charge in [-0.05, 0) is 47.6 Å². The van der Waals surface area contributed by atoms with Gasteiger partial charge in [-0.25, -0.2) is 9.97 Å². The van der Waals surface area contributed by atoms with E-state index in [0.29, 0.717) is 11.5 Å². The molecule has 0 radical (unpaired) electrons. The molecule has 0 amide bonds. The van der Waals surface area contributed by atoms with Gasteiger partial charge in [0.25, 0.3) is 0 Å². The zero-order chi connectivity index (χ0) is 23.3. The van der Waals surface area contributed by atoms with Gasteiger partial charge in [-0.15, -0.1) is 0 Å². The number of phenolic OH excluding ortho intramolecular Hbond substituents is 1. The summed E-state index contributed by atoms with van der Waals surface area (Å²) in [5, 5.41) is 14.7. The number of nitrogens with one attached hydrogen (secondary N) is 1. The van der Waals surface area contributed by atoms with Crippen LogP contribution in [0.4, 0.5) is 11.5 Å². The van der Waals surface area contributed by atoms with E-state index in [-0.39, 0.29) is 10.8 Å². The molecule has 0 unspecified atom stereocenters. The van der Waals surface area contributed by atoms with Crippen LogP contribution >= 0.6 is 0 Å². The highest BCUT2D eigenvalue weighted by molar-refractivity contribution is 5.81. The molecule has 0 bridgehead atoms. The van der Waals surface area contributed by atoms with Crippen molar-refractivity contribution >= 4 is 17.3 Å². The van der Waals surface area contributed by atoms with Gasteiger partial charge in [-0.2, -0.15) is 0 Å². The highest BCUT2D eigenvalue weighted by Gasteiger charge is 2.28. The number of phenols is 1. The Labute approximate surface area is 190 Å². The van der Waals surface area contributed by atoms with Gasteiger partial charge in [0, 0.05) is 34.8 Å². The van der Waals surface area contributed by atoms with Crippen molar-refractivity contribution in [3.05, 3.63) is 71.5 Å². The molecule has 0 aliphatic heterocycles. The molecule has 166 valence electrons. The zero-order valence-electron chi connectivity index (χ0n) is 20.0. The molecule has 5 nitrogen and oxygen atoms in total. The summed E-state index contributed by atoms with van der Waals surface area (Å²) in [6.45, 7) is 14.8. The van der Waals surface area contributed by atoms with Gasteiger partial charge < -0.3 is 10.4 Å². The highest BCUT2D eigenvalue weighted by atomic mass is 16.3. The summed E-state index contributed by atoms with van der Waals surface area (Å²) in [7, 11) is 0. The Morgan fingerprint density at radius 1 is 0.906 bits per heavy atom. The number of aromatic nitrogens is 3. The molecule has 0 atom stereocenters. The van der Waals surface area contributed by atoms with Crippen molar-refractivity contribution in [2.24, 2.45) is 0 Å². The first-order valence-electron chi connectivity index (χ1n) is 11.0. The monoisotopic (exact) mass is 428 g/mol. The fraction of sp³-hybridized carbons (Fsp3) is 0.333. The number of hydrogen-bond donors (Lipinski definition) is 2. The predicted molar refractivity (Wildman–Crippen MR) is 132 cm³/mol. The van der Waals surface area contributed by atoms with E-state index in [4.69, 9.17) is 4.98 Å². The number of imidazole rings is 1. The Hall–Kier alpha value is -3.34. The van der Waals surface area contributed by atoms with E-state index in [1.54, 1.807) is 6.20 Å². The summed E-state index contributed by atoms with van der Waals surface area (Å²) in [6, 6.07) is 14.2. The minimum atomic E-state index is -0.221. The van der Waals surface area contributed by atoms with E-state index in [2.05, 4.69) is 83.0 Å². The summed E-state index contributed by atoms with van der Waals surface area (Å²) in [5.74, 6) is 1.85. The fourth-order valence-corrected chi connectivity index (χ4v) is 3.96. The van der Waals surface area contributed by atoms with Crippen LogP contribution in [0.15, 0.2) is 54.9 Å². The Morgan fingerprint density at radius 2 is 1.53 bits per heavy atom. The van der Waals surface area contributed by atoms with Crippen LogP contribution in [0.25, 0.3) is 17.0 Å². The molecular formula is C27H32N4O. The van der Waals surface area contributed by atoms with Crippen molar-refractivity contribution in [3.8, 4) is 17.0 Å². The maximum Gasteiger partial charge on any atom is 0.235 e. The third-order valence-corrected chi connectivity index (χ3v) is 5.80. The maximum absolute atomic E-state index is 11.2. The van der Waals surface area contributed by atoms with Crippen molar-refractivity contribution < 1.29 is 5.11 Å². The third kappa shape index (κ3) is 3.95. The average Bonchev–Trinajstić information content (AvgIpc) is 3.06. The van der Waals surface area contributed by atoms with Crippen LogP contribution in [-0.4, -0.2) is 19.5 Å². The van der Waals surface area contributed by atoms with Gasteiger partial charge in [0.2, 0.25) is 5.78 Å². The van der Waals surface area contributed by atoms with E-state index in [1.165, 1.54) is 0 Å². The SMILES string of the molecule is Cc1ccccc1Nc1c(-c2cc(C(C)(C)C)c(O)c(C(C)(C)C)c2)nc2ncccn12. The van der Waals surface area contributed by atoms with Crippen LogP contribution in [-0.2, 0) is 10.8 Å². The van der Waals surface area contributed by atoms with Gasteiger partial charge >= 0.3 is 0 Å². The summed E-state index contributed by atoms with van der Waals surface area (Å²) >= 11 is 0. The molecule has 0 spiro atoms. The molecule has 4 rings (SSSR count). The largest absolute Gasteiger partial charge is 0.507 e. The average molecular weight is 429 g/mol. The van der Waals surface area contributed by atoms with Crippen LogP contribution in [0, 0.1) is 6.92 Å². The smallest absolute Gasteiger partial charge is 0.235 e. The first-order valence-corrected chi connectivity index (χ1v) is 11.0. The lowest BCUT2D eigenvalue weighted by Crippen LogP contribution is -2.17. The molecule has 2 aromatic heterocycles. The second-order valence-electron chi connectivity index (χ2n) is 10.5. The van der Waals surface area contributed by atoms with Gasteiger partial charge in [-0.1, -0.05) is 59.7 Å². The molecule has 0 fully saturated rings. The van der Waals surface area contributed by atoms with Crippen LogP contribution in [0.5, 0.6) is 5.75 Å². The van der Waals surface area contributed by atoms with Crippen molar-refractivity contribution in [3.63, 3.8) is 0 Å². The summed E-state index contributed by atoms with van der Waals surface area (Å²) in [6.07, 6.45) is 3.72. The molecule has 0 saturated carbocycles. The minimum absolute atomic E-state index is 0.221. The number of aryl methyl sites for hydroxylation is 1. The lowest BCUT2D eigenvalue weighted by Gasteiger charge is -2.28. The number of anilines is 2. The first kappa shape index (κ1) is 21.9. The van der Waals surface area contributed by atoms with E-state index >= 15 is 0 Å². The Morgan fingerprint density at radius 3 is 2.12 bits per heavy atom. The van der Waals surface area contributed by atoms with Crippen LogP contribution in [0.2, 0.25) is 0 Å². The van der Waals surface area contributed by atoms with E-state index in [0.717, 1.165) is 39.5 Å². The molecule has 5 heteroatoms. The molecule has 0 saturated heterocycles. The maximum atomic E-state index is 11.2. The second-order valence-corrected chi connectivity index (χ2v) is 10.5. The predicted octanol–water partition coefficient (Wildman–Crippen LogP) is 6.75. The number of nitrogens with zero attached hydrogens (tertiary/aromatic N) is 3. The molecule has 0 aliphatic rings. The van der Waals surface area contributed by atoms with Crippen molar-refractivity contribution in [1.82, 2.24) is 14.4 Å². The normalized spacial score (nSPS) is 12.3. The zero-order valence-corrected chi connectivity index (χ0v) is 20.0. The van der Waals surface area contributed by atoms with Crippen LogP contribution < -0.4 is 5.32 Å². The van der Waals surface area contributed by atoms with Crippen molar-refractivity contribution in [2.45, 2.75) is 59.3 Å². The van der Waals surface area contributed by atoms with E-state index in [1.807, 2.05) is 28.8 Å². The molecule has 32 heavy (non-hydrogen) atoms. The van der Waals surface area contributed by atoms with Gasteiger partial charge in [0.15, 0.2) is 0 Å². The first-order chi connectivity index (χ1) is 15.0. The molecule has 2 aromatic carbocycles. The fourth-order valence-electron chi connectivity index (χ4n) is 3.96. The standard InChI is InChI=1S/C27H32N4O/c1-17-11-8-9-12-21(17)29-24-22(30-25-28-13-10-14-31(24)25)18-15-19(26(2,3)4)23(32)20(16-18)27(5,6)7/h8-16,29,32H,1-7H3. The lowest BCUT2D eigenvalue weighted by molar-refractivity contribution is 0.423. The lowest BCUT2D eigenvalue weighted by atomic mass is 9.78. The van der Waals surface area contributed by atoms with Crippen molar-refractivity contribution in [2.75, 3.05) is 5.32 Å². The van der Waals surface area contributed by atoms with Gasteiger partial charge in [-0.3, -0.25) is 4.40 Å². The van der Waals surface area contributed by atoms with E-state index in [9.17, 15) is 5.11 Å². The highest BCUT2D eigenvalue weighted by Crippen LogP contribution is 2.43. The Bertz CT molecular complexity index is 1250. The molecule has 0 aliphatic carbocycles. The van der Waals surface area contributed by atoms with E-state index < -0.39 is 0 Å². The number of rotatable bonds is 3. The summed E-state index contributed by atoms with van der Waals surface area (Å²) in [5.41, 5.74) is 5.31. The number of para-hydroxylation sites is 1. The number of fused-ring (bicyclic) bond motifs is 1. The third-order valence-electron chi connectivity index (χ3n) is 5.80. The molecule has 2 N–H and O–H groups in total. The summed E-state index contributed by atoms with van der Waals surface area (Å²) < 4.78 is 1.97. The topological polar surface area (TPSA) is 62.5 Å². The number of benzene rings is 2. The minimum Gasteiger partial charge on any atom is -0.507 e. The second kappa shape index (κ2) is 7.66. The molecular weight excluding hydrogens is 396 g/mol. The Kier molecular flexibility index (Phi) is 5.24.